The van der Waals surface area contributed by atoms with Crippen molar-refractivity contribution in [3.8, 4) is 11.8 Å². The standard InChI is InChI=1S/C12H11N3O3S/c1-8(14)11(6-13)12(19)7-18-10-4-2-9(3-5-10)15(16)17/h2-5H,7,14H2,1H3/b11-8-. The van der Waals surface area contributed by atoms with Crippen LogP contribution in [0.5, 0.6) is 5.75 Å². The molecule has 1 rings (SSSR count). The molecule has 0 bridgehead atoms. The minimum Gasteiger partial charge on any atom is -0.488 e. The van der Waals surface area contributed by atoms with Crippen LogP contribution in [-0.2, 0) is 0 Å². The summed E-state index contributed by atoms with van der Waals surface area (Å²) in [5.41, 5.74) is 6.04. The van der Waals surface area contributed by atoms with E-state index in [1.807, 2.05) is 6.07 Å². The quantitative estimate of drug-likeness (QED) is 0.291. The normalized spacial score (nSPS) is 11.2. The summed E-state index contributed by atoms with van der Waals surface area (Å²) < 4.78 is 5.33. The number of ether oxygens (including phenoxy) is 1. The van der Waals surface area contributed by atoms with E-state index in [2.05, 4.69) is 0 Å². The van der Waals surface area contributed by atoms with E-state index in [9.17, 15) is 10.1 Å². The number of rotatable bonds is 5. The lowest BCUT2D eigenvalue weighted by atomic mass is 10.2. The Kier molecular flexibility index (Phi) is 4.97. The molecule has 0 atom stereocenters. The van der Waals surface area contributed by atoms with Crippen LogP contribution in [0.1, 0.15) is 6.92 Å². The number of benzene rings is 1. The molecule has 0 amide bonds. The van der Waals surface area contributed by atoms with Crippen molar-refractivity contribution in [3.05, 3.63) is 45.6 Å². The maximum atomic E-state index is 10.5. The van der Waals surface area contributed by atoms with Gasteiger partial charge in [0.05, 0.1) is 15.4 Å². The minimum absolute atomic E-state index is 0.0184. The lowest BCUT2D eigenvalue weighted by Crippen LogP contribution is -2.14. The Bertz CT molecular complexity index is 569. The van der Waals surface area contributed by atoms with Crippen molar-refractivity contribution >= 4 is 22.8 Å². The van der Waals surface area contributed by atoms with Gasteiger partial charge in [-0.2, -0.15) is 5.26 Å². The van der Waals surface area contributed by atoms with Gasteiger partial charge in [-0.1, -0.05) is 12.2 Å². The third-order valence-corrected chi connectivity index (χ3v) is 2.52. The highest BCUT2D eigenvalue weighted by Crippen LogP contribution is 2.17. The highest BCUT2D eigenvalue weighted by molar-refractivity contribution is 7.81. The summed E-state index contributed by atoms with van der Waals surface area (Å²) in [6.45, 7) is 1.60. The van der Waals surface area contributed by atoms with Gasteiger partial charge in [0.2, 0.25) is 0 Å². The number of nitriles is 1. The van der Waals surface area contributed by atoms with Crippen molar-refractivity contribution in [2.24, 2.45) is 5.73 Å². The summed E-state index contributed by atoms with van der Waals surface area (Å²) in [5, 5.41) is 19.3. The zero-order valence-corrected chi connectivity index (χ0v) is 10.9. The highest BCUT2D eigenvalue weighted by Gasteiger charge is 2.09. The fourth-order valence-electron chi connectivity index (χ4n) is 1.26. The van der Waals surface area contributed by atoms with E-state index in [0.717, 1.165) is 0 Å². The summed E-state index contributed by atoms with van der Waals surface area (Å²) in [6.07, 6.45) is 0. The number of allylic oxidation sites excluding steroid dienone is 1. The summed E-state index contributed by atoms with van der Waals surface area (Å²) >= 11 is 5.02. The zero-order chi connectivity index (χ0) is 14.4. The Balaban J connectivity index is 2.68. The average molecular weight is 277 g/mol. The van der Waals surface area contributed by atoms with Gasteiger partial charge in [-0.05, 0) is 19.1 Å². The van der Waals surface area contributed by atoms with Crippen molar-refractivity contribution in [2.45, 2.75) is 6.92 Å². The van der Waals surface area contributed by atoms with Crippen LogP contribution in [0, 0.1) is 21.4 Å². The van der Waals surface area contributed by atoms with Gasteiger partial charge in [0, 0.05) is 17.8 Å². The van der Waals surface area contributed by atoms with Crippen LogP contribution in [0.3, 0.4) is 0 Å². The first-order valence-electron chi connectivity index (χ1n) is 5.22. The smallest absolute Gasteiger partial charge is 0.269 e. The predicted octanol–water partition coefficient (Wildman–Crippen LogP) is 2.10. The number of hydrogen-bond acceptors (Lipinski definition) is 6. The molecule has 19 heavy (non-hydrogen) atoms. The van der Waals surface area contributed by atoms with Crippen molar-refractivity contribution in [1.82, 2.24) is 0 Å². The van der Waals surface area contributed by atoms with E-state index in [1.54, 1.807) is 6.92 Å². The molecule has 1 aromatic carbocycles. The number of non-ortho nitro benzene ring substituents is 1. The van der Waals surface area contributed by atoms with E-state index in [1.165, 1.54) is 24.3 Å². The summed E-state index contributed by atoms with van der Waals surface area (Å²) in [7, 11) is 0. The van der Waals surface area contributed by atoms with Crippen LogP contribution in [0.15, 0.2) is 35.5 Å². The lowest BCUT2D eigenvalue weighted by Gasteiger charge is -2.07. The maximum absolute atomic E-state index is 10.5. The fraction of sp³-hybridized carbons (Fsp3) is 0.167. The number of thiocarbonyl (C=S) groups is 1. The minimum atomic E-state index is -0.497. The van der Waals surface area contributed by atoms with Gasteiger partial charge in [-0.3, -0.25) is 10.1 Å². The molecule has 0 heterocycles. The van der Waals surface area contributed by atoms with Crippen LogP contribution in [0.4, 0.5) is 5.69 Å². The molecule has 98 valence electrons. The Morgan fingerprint density at radius 2 is 2.11 bits per heavy atom. The summed E-state index contributed by atoms with van der Waals surface area (Å²) in [4.78, 5) is 10.3. The molecule has 0 aromatic heterocycles. The zero-order valence-electron chi connectivity index (χ0n) is 10.1. The second kappa shape index (κ2) is 6.47. The fourth-order valence-corrected chi connectivity index (χ4v) is 1.52. The molecule has 0 saturated carbocycles. The van der Waals surface area contributed by atoms with E-state index in [4.69, 9.17) is 28.0 Å². The van der Waals surface area contributed by atoms with E-state index < -0.39 is 4.92 Å². The average Bonchev–Trinajstić information content (AvgIpc) is 2.37. The Morgan fingerprint density at radius 3 is 2.53 bits per heavy atom. The van der Waals surface area contributed by atoms with Gasteiger partial charge in [-0.25, -0.2) is 0 Å². The lowest BCUT2D eigenvalue weighted by molar-refractivity contribution is -0.384. The molecular formula is C12H11N3O3S. The summed E-state index contributed by atoms with van der Waals surface area (Å²) in [5.74, 6) is 0.430. The first kappa shape index (κ1) is 14.6. The number of hydrogen-bond donors (Lipinski definition) is 1. The first-order valence-corrected chi connectivity index (χ1v) is 5.63. The monoisotopic (exact) mass is 277 g/mol. The Labute approximate surface area is 115 Å². The SMILES string of the molecule is C/C(N)=C(\C#N)C(=S)COc1ccc([N+](=O)[O-])cc1. The van der Waals surface area contributed by atoms with Gasteiger partial charge in [0.25, 0.3) is 5.69 Å². The molecule has 2 N–H and O–H groups in total. The van der Waals surface area contributed by atoms with E-state index in [-0.39, 0.29) is 17.9 Å². The molecule has 6 nitrogen and oxygen atoms in total. The van der Waals surface area contributed by atoms with Crippen LogP contribution >= 0.6 is 12.2 Å². The number of nitrogens with two attached hydrogens (primary N) is 1. The number of nitro groups is 1. The van der Waals surface area contributed by atoms with Crippen molar-refractivity contribution in [3.63, 3.8) is 0 Å². The maximum Gasteiger partial charge on any atom is 0.269 e. The predicted molar refractivity (Wildman–Crippen MR) is 73.7 cm³/mol. The van der Waals surface area contributed by atoms with Crippen molar-refractivity contribution in [1.29, 1.82) is 5.26 Å². The molecule has 7 heteroatoms. The molecule has 0 aliphatic carbocycles. The molecular weight excluding hydrogens is 266 g/mol. The Morgan fingerprint density at radius 1 is 1.53 bits per heavy atom. The van der Waals surface area contributed by atoms with E-state index in [0.29, 0.717) is 16.3 Å². The second-order valence-corrected chi connectivity index (χ2v) is 4.13. The number of nitrogens with zero attached hydrogens (tertiary/aromatic N) is 2. The second-order valence-electron chi connectivity index (χ2n) is 3.63. The Hall–Kier alpha value is -2.46. The molecule has 1 aromatic rings. The molecule has 0 unspecified atom stereocenters. The molecule has 0 fully saturated rings. The third kappa shape index (κ3) is 4.04. The van der Waals surface area contributed by atoms with Crippen molar-refractivity contribution < 1.29 is 9.66 Å². The van der Waals surface area contributed by atoms with Gasteiger partial charge < -0.3 is 10.5 Å². The summed E-state index contributed by atoms with van der Waals surface area (Å²) in [6, 6.07) is 7.49. The molecule has 0 aliphatic heterocycles. The van der Waals surface area contributed by atoms with Gasteiger partial charge in [0.15, 0.2) is 0 Å². The molecule has 0 spiro atoms. The van der Waals surface area contributed by atoms with Gasteiger partial charge in [0.1, 0.15) is 18.4 Å². The largest absolute Gasteiger partial charge is 0.488 e. The van der Waals surface area contributed by atoms with Crippen LogP contribution < -0.4 is 10.5 Å². The third-order valence-electron chi connectivity index (χ3n) is 2.20. The van der Waals surface area contributed by atoms with E-state index >= 15 is 0 Å². The van der Waals surface area contributed by atoms with Gasteiger partial charge >= 0.3 is 0 Å². The molecule has 0 saturated heterocycles. The molecule has 0 aliphatic rings. The van der Waals surface area contributed by atoms with Gasteiger partial charge in [-0.15, -0.1) is 0 Å². The first-order chi connectivity index (χ1) is 8.95. The molecule has 0 radical (unpaired) electrons. The van der Waals surface area contributed by atoms with Crippen LogP contribution in [0.2, 0.25) is 0 Å². The van der Waals surface area contributed by atoms with Crippen molar-refractivity contribution in [2.75, 3.05) is 6.61 Å². The number of nitro benzene ring substituents is 1. The highest BCUT2D eigenvalue weighted by atomic mass is 32.1. The topological polar surface area (TPSA) is 102 Å². The van der Waals surface area contributed by atoms with Crippen LogP contribution in [0.25, 0.3) is 0 Å². The van der Waals surface area contributed by atoms with Crippen LogP contribution in [-0.4, -0.2) is 16.4 Å².